The van der Waals surface area contributed by atoms with Gasteiger partial charge >= 0.3 is 0 Å². The van der Waals surface area contributed by atoms with E-state index in [0.717, 1.165) is 32.6 Å². The third-order valence-corrected chi connectivity index (χ3v) is 5.53. The summed E-state index contributed by atoms with van der Waals surface area (Å²) in [7, 11) is 1.63. The van der Waals surface area contributed by atoms with Gasteiger partial charge < -0.3 is 9.64 Å². The van der Waals surface area contributed by atoms with Gasteiger partial charge in [-0.05, 0) is 48.0 Å². The first-order chi connectivity index (χ1) is 14.6. The van der Waals surface area contributed by atoms with Crippen LogP contribution in [0.5, 0.6) is 5.75 Å². The molecule has 0 radical (unpaired) electrons. The highest BCUT2D eigenvalue weighted by molar-refractivity contribution is 9.10. The molecule has 3 aromatic rings. The van der Waals surface area contributed by atoms with Crippen molar-refractivity contribution in [2.75, 3.05) is 13.7 Å². The van der Waals surface area contributed by atoms with E-state index in [9.17, 15) is 4.79 Å². The third kappa shape index (κ3) is 3.94. The maximum absolute atomic E-state index is 12.4. The van der Waals surface area contributed by atoms with E-state index in [-0.39, 0.29) is 18.5 Å². The quantitative estimate of drug-likeness (QED) is 0.340. The molecule has 1 heterocycles. The largest absolute Gasteiger partial charge is 0.497 e. The van der Waals surface area contributed by atoms with E-state index < -0.39 is 0 Å². The molecule has 0 saturated heterocycles. The van der Waals surface area contributed by atoms with Crippen molar-refractivity contribution in [3.63, 3.8) is 0 Å². The molecule has 3 N–H and O–H groups in total. The van der Waals surface area contributed by atoms with Gasteiger partial charge in [0.25, 0.3) is 5.91 Å². The number of amides is 1. The molecule has 7 heteroatoms. The number of nitrogens with two attached hydrogens (primary N) is 1. The summed E-state index contributed by atoms with van der Waals surface area (Å²) in [5, 5.41) is 0. The summed E-state index contributed by atoms with van der Waals surface area (Å²) in [5.74, 6) is 6.58. The van der Waals surface area contributed by atoms with Crippen LogP contribution in [-0.4, -0.2) is 30.3 Å². The van der Waals surface area contributed by atoms with E-state index in [2.05, 4.69) is 39.6 Å². The summed E-state index contributed by atoms with van der Waals surface area (Å²) in [6.07, 6.45) is 0. The topological polar surface area (TPSA) is 80.0 Å². The van der Waals surface area contributed by atoms with Gasteiger partial charge in [-0.15, -0.1) is 0 Å². The minimum absolute atomic E-state index is 0.0624. The fourth-order valence-electron chi connectivity index (χ4n) is 3.65. The van der Waals surface area contributed by atoms with Gasteiger partial charge in [0.1, 0.15) is 18.1 Å². The van der Waals surface area contributed by atoms with Gasteiger partial charge in [-0.25, -0.2) is 10.8 Å². The number of benzene rings is 3. The Morgan fingerprint density at radius 3 is 2.53 bits per heavy atom. The van der Waals surface area contributed by atoms with Crippen molar-refractivity contribution in [1.29, 1.82) is 0 Å². The Morgan fingerprint density at radius 2 is 1.87 bits per heavy atom. The summed E-state index contributed by atoms with van der Waals surface area (Å²) >= 11 is 3.57. The molecule has 1 aliphatic rings. The van der Waals surface area contributed by atoms with E-state index in [0.29, 0.717) is 5.84 Å². The normalized spacial score (nSPS) is 15.2. The SMILES string of the molecule is COc1ccc(C2=Nc3ccc(Br)cc3[C@H](c3ccccc3)N2CC(=O)NN)cc1. The summed E-state index contributed by atoms with van der Waals surface area (Å²) in [4.78, 5) is 19.2. The second kappa shape index (κ2) is 8.69. The van der Waals surface area contributed by atoms with Crippen LogP contribution in [0.3, 0.4) is 0 Å². The van der Waals surface area contributed by atoms with E-state index in [1.54, 1.807) is 7.11 Å². The Hall–Kier alpha value is -3.16. The number of ether oxygens (including phenoxy) is 1. The number of hydrogen-bond acceptors (Lipinski definition) is 5. The number of nitrogens with zero attached hydrogens (tertiary/aromatic N) is 2. The molecular formula is C23H21BrN4O2. The van der Waals surface area contributed by atoms with E-state index in [1.807, 2.05) is 59.5 Å². The van der Waals surface area contributed by atoms with Gasteiger partial charge in [0.2, 0.25) is 0 Å². The lowest BCUT2D eigenvalue weighted by Gasteiger charge is -2.38. The van der Waals surface area contributed by atoms with Crippen LogP contribution in [0.25, 0.3) is 0 Å². The predicted octanol–water partition coefficient (Wildman–Crippen LogP) is 3.93. The number of methoxy groups -OCH3 is 1. The second-order valence-electron chi connectivity index (χ2n) is 6.88. The van der Waals surface area contributed by atoms with Crippen LogP contribution in [0.1, 0.15) is 22.7 Å². The minimum atomic E-state index is -0.296. The Morgan fingerprint density at radius 1 is 1.13 bits per heavy atom. The molecule has 1 atom stereocenters. The molecule has 0 aromatic heterocycles. The van der Waals surface area contributed by atoms with Crippen molar-refractivity contribution in [2.24, 2.45) is 10.8 Å². The predicted molar refractivity (Wildman–Crippen MR) is 121 cm³/mol. The van der Waals surface area contributed by atoms with Crippen molar-refractivity contribution in [2.45, 2.75) is 6.04 Å². The average Bonchev–Trinajstić information content (AvgIpc) is 2.79. The highest BCUT2D eigenvalue weighted by atomic mass is 79.9. The molecule has 30 heavy (non-hydrogen) atoms. The van der Waals surface area contributed by atoms with Crippen LogP contribution in [0, 0.1) is 0 Å². The third-order valence-electron chi connectivity index (χ3n) is 5.03. The van der Waals surface area contributed by atoms with Crippen LogP contribution in [-0.2, 0) is 4.79 Å². The summed E-state index contributed by atoms with van der Waals surface area (Å²) in [5.41, 5.74) is 6.06. The van der Waals surface area contributed by atoms with Crippen molar-refractivity contribution in [3.8, 4) is 5.75 Å². The molecular weight excluding hydrogens is 444 g/mol. The summed E-state index contributed by atoms with van der Waals surface area (Å²) in [6, 6.07) is 23.5. The van der Waals surface area contributed by atoms with Crippen molar-refractivity contribution in [3.05, 3.63) is 94.0 Å². The van der Waals surface area contributed by atoms with Gasteiger partial charge in [0.15, 0.2) is 0 Å². The number of amidine groups is 1. The molecule has 3 aromatic carbocycles. The molecule has 1 amide bonds. The van der Waals surface area contributed by atoms with E-state index in [1.165, 1.54) is 0 Å². The molecule has 0 fully saturated rings. The molecule has 6 nitrogen and oxygen atoms in total. The number of nitrogens with one attached hydrogen (secondary N) is 1. The number of hydrogen-bond donors (Lipinski definition) is 2. The Kier molecular flexibility index (Phi) is 5.83. The lowest BCUT2D eigenvalue weighted by molar-refractivity contribution is -0.121. The number of aliphatic imine (C=N–C) groups is 1. The maximum atomic E-state index is 12.4. The zero-order chi connectivity index (χ0) is 21.1. The molecule has 152 valence electrons. The van der Waals surface area contributed by atoms with Crippen LogP contribution >= 0.6 is 15.9 Å². The monoisotopic (exact) mass is 464 g/mol. The number of rotatable bonds is 5. The maximum Gasteiger partial charge on any atom is 0.253 e. The minimum Gasteiger partial charge on any atom is -0.497 e. The fraction of sp³-hybridized carbons (Fsp3) is 0.130. The van der Waals surface area contributed by atoms with Crippen molar-refractivity contribution < 1.29 is 9.53 Å². The zero-order valence-electron chi connectivity index (χ0n) is 16.4. The highest BCUT2D eigenvalue weighted by Gasteiger charge is 2.33. The van der Waals surface area contributed by atoms with Crippen molar-refractivity contribution >= 4 is 33.4 Å². The average molecular weight is 465 g/mol. The second-order valence-corrected chi connectivity index (χ2v) is 7.79. The zero-order valence-corrected chi connectivity index (χ0v) is 18.0. The number of fused-ring (bicyclic) bond motifs is 1. The lowest BCUT2D eigenvalue weighted by Crippen LogP contribution is -2.46. The van der Waals surface area contributed by atoms with Gasteiger partial charge in [-0.1, -0.05) is 46.3 Å². The number of carbonyl (C=O) groups excluding carboxylic acids is 1. The van der Waals surface area contributed by atoms with Crippen LogP contribution in [0.4, 0.5) is 5.69 Å². The summed E-state index contributed by atoms with van der Waals surface area (Å²) in [6.45, 7) is 0.0624. The molecule has 4 rings (SSSR count). The number of halogens is 1. The molecule has 0 unspecified atom stereocenters. The molecule has 0 bridgehead atoms. The van der Waals surface area contributed by atoms with Gasteiger partial charge in [0, 0.05) is 15.6 Å². The van der Waals surface area contributed by atoms with Gasteiger partial charge in [0.05, 0.1) is 18.8 Å². The van der Waals surface area contributed by atoms with Crippen molar-refractivity contribution in [1.82, 2.24) is 10.3 Å². The lowest BCUT2D eigenvalue weighted by atomic mass is 9.93. The molecule has 0 aliphatic carbocycles. The number of hydrazine groups is 1. The first kappa shape index (κ1) is 20.1. The molecule has 0 spiro atoms. The van der Waals surface area contributed by atoms with Gasteiger partial charge in [-0.2, -0.15) is 0 Å². The first-order valence-corrected chi connectivity index (χ1v) is 10.2. The Bertz CT molecular complexity index is 1080. The standard InChI is InChI=1S/C23H21BrN4O2/c1-30-18-10-7-16(8-11-18)23-26-20-12-9-17(24)13-19(20)22(15-5-3-2-4-6-15)28(23)14-21(29)27-25/h2-13,22H,14,25H2,1H3,(H,27,29)/t22-/m0/s1. The fourth-order valence-corrected chi connectivity index (χ4v) is 4.03. The smallest absolute Gasteiger partial charge is 0.253 e. The van der Waals surface area contributed by atoms with Crippen LogP contribution < -0.4 is 16.0 Å². The van der Waals surface area contributed by atoms with E-state index >= 15 is 0 Å². The Labute approximate surface area is 183 Å². The highest BCUT2D eigenvalue weighted by Crippen LogP contribution is 2.41. The van der Waals surface area contributed by atoms with Gasteiger partial charge in [-0.3, -0.25) is 10.2 Å². The summed E-state index contributed by atoms with van der Waals surface area (Å²) < 4.78 is 6.24. The van der Waals surface area contributed by atoms with Crippen LogP contribution in [0.2, 0.25) is 0 Å². The number of carbonyl (C=O) groups is 1. The van der Waals surface area contributed by atoms with E-state index in [4.69, 9.17) is 15.6 Å². The van der Waals surface area contributed by atoms with Crippen LogP contribution in [0.15, 0.2) is 82.3 Å². The first-order valence-electron chi connectivity index (χ1n) is 9.44. The molecule has 1 aliphatic heterocycles. The molecule has 0 saturated carbocycles. The Balaban J connectivity index is 1.91.